The van der Waals surface area contributed by atoms with Crippen LogP contribution in [0.1, 0.15) is 0 Å². The van der Waals surface area contributed by atoms with Crippen LogP contribution in [0.3, 0.4) is 0 Å². The zero-order chi connectivity index (χ0) is 9.28. The highest BCUT2D eigenvalue weighted by molar-refractivity contribution is 8.13. The second-order valence-electron chi connectivity index (χ2n) is 1.50. The Morgan fingerprint density at radius 1 is 1.45 bits per heavy atom. The number of nitrogens with two attached hydrogens (primary N) is 3. The van der Waals surface area contributed by atoms with Crippen molar-refractivity contribution in [3.8, 4) is 0 Å². The Kier molecular flexibility index (Phi) is 12.0. The van der Waals surface area contributed by atoms with Gasteiger partial charge in [0.1, 0.15) is 0 Å². The summed E-state index contributed by atoms with van der Waals surface area (Å²) in [7, 11) is 0. The van der Waals surface area contributed by atoms with E-state index in [1.807, 2.05) is 6.26 Å². The number of nitrogens with one attached hydrogen (secondary N) is 1. The van der Waals surface area contributed by atoms with E-state index >= 15 is 0 Å². The number of thiocarbonyl (C=S) groups is 1. The molecule has 11 heavy (non-hydrogen) atoms. The lowest BCUT2D eigenvalue weighted by atomic mass is 10.7. The van der Waals surface area contributed by atoms with Crippen LogP contribution in [0, 0.1) is 5.41 Å². The van der Waals surface area contributed by atoms with Crippen molar-refractivity contribution in [2.75, 3.05) is 19.3 Å². The Morgan fingerprint density at radius 2 is 1.82 bits per heavy atom. The summed E-state index contributed by atoms with van der Waals surface area (Å²) in [5.74, 6) is 0. The van der Waals surface area contributed by atoms with Crippen LogP contribution < -0.4 is 17.2 Å². The van der Waals surface area contributed by atoms with Crippen molar-refractivity contribution in [2.24, 2.45) is 17.2 Å². The third-order valence-electron chi connectivity index (χ3n) is 0.633. The molecule has 0 aromatic carbocycles. The van der Waals surface area contributed by atoms with Gasteiger partial charge in [-0.3, -0.25) is 5.41 Å². The summed E-state index contributed by atoms with van der Waals surface area (Å²) in [6, 6.07) is 0. The van der Waals surface area contributed by atoms with E-state index in [9.17, 15) is 0 Å². The molecule has 0 heterocycles. The highest BCUT2D eigenvalue weighted by Gasteiger charge is 1.81. The third kappa shape index (κ3) is 17.7. The van der Waals surface area contributed by atoms with E-state index in [1.165, 1.54) is 11.8 Å². The number of thioether (sulfide) groups is 1. The molecule has 0 aliphatic carbocycles. The lowest BCUT2D eigenvalue weighted by Gasteiger charge is -1.86. The van der Waals surface area contributed by atoms with Crippen LogP contribution in [-0.2, 0) is 0 Å². The maximum atomic E-state index is 6.82. The Bertz CT molecular complexity index is 120. The van der Waals surface area contributed by atoms with Gasteiger partial charge in [0.15, 0.2) is 0 Å². The van der Waals surface area contributed by atoms with Gasteiger partial charge >= 0.3 is 0 Å². The fraction of sp³-hybridized carbons (Fsp3) is 0.600. The quantitative estimate of drug-likeness (QED) is 0.270. The van der Waals surface area contributed by atoms with Crippen LogP contribution in [0.2, 0.25) is 0 Å². The molecule has 0 aliphatic rings. The smallest absolute Gasteiger partial charge is 0.0865 e. The number of hydrogen-bond donors (Lipinski definition) is 4. The van der Waals surface area contributed by atoms with E-state index in [1.54, 1.807) is 0 Å². The minimum atomic E-state index is 0.315. The first-order valence-corrected chi connectivity index (χ1v) is 4.51. The maximum absolute atomic E-state index is 6.82. The largest absolute Gasteiger partial charge is 0.392 e. The summed E-state index contributed by atoms with van der Waals surface area (Å²) in [6.07, 6.45) is 1.84. The molecule has 0 fully saturated rings. The SMILES string of the molecule is CSC(=N)CN.NCC(N)=S. The van der Waals surface area contributed by atoms with Gasteiger partial charge in [-0.25, -0.2) is 0 Å². The van der Waals surface area contributed by atoms with Crippen molar-refractivity contribution < 1.29 is 0 Å². The summed E-state index contributed by atoms with van der Waals surface area (Å²) in [4.78, 5) is 0.366. The molecule has 0 aromatic rings. The van der Waals surface area contributed by atoms with E-state index < -0.39 is 0 Å². The summed E-state index contributed by atoms with van der Waals surface area (Å²) in [5, 5.41) is 7.36. The zero-order valence-electron chi connectivity index (χ0n) is 6.46. The van der Waals surface area contributed by atoms with E-state index in [0.29, 0.717) is 23.1 Å². The van der Waals surface area contributed by atoms with Crippen molar-refractivity contribution >= 4 is 34.0 Å². The van der Waals surface area contributed by atoms with Gasteiger partial charge in [0.25, 0.3) is 0 Å². The van der Waals surface area contributed by atoms with Crippen LogP contribution in [-0.4, -0.2) is 29.4 Å². The molecule has 7 N–H and O–H groups in total. The predicted octanol–water partition coefficient (Wildman–Crippen LogP) is -0.483. The standard InChI is InChI=1S/C3H8N2S.C2H6N2S/c1-6-3(5)2-4;3-1-2(4)5/h5H,2,4H2,1H3;1,3H2,(H2,4,5). The zero-order valence-corrected chi connectivity index (χ0v) is 8.10. The van der Waals surface area contributed by atoms with Gasteiger partial charge in [-0.05, 0) is 6.26 Å². The first kappa shape index (κ1) is 13.4. The van der Waals surface area contributed by atoms with Crippen LogP contribution in [0.5, 0.6) is 0 Å². The van der Waals surface area contributed by atoms with E-state index in [0.717, 1.165) is 0 Å². The average molecular weight is 194 g/mol. The molecule has 0 radical (unpaired) electrons. The Morgan fingerprint density at radius 3 is 1.82 bits per heavy atom. The molecule has 6 heteroatoms. The van der Waals surface area contributed by atoms with Crippen molar-refractivity contribution in [2.45, 2.75) is 0 Å². The lowest BCUT2D eigenvalue weighted by molar-refractivity contribution is 1.30. The van der Waals surface area contributed by atoms with Gasteiger partial charge in [-0.15, -0.1) is 11.8 Å². The maximum Gasteiger partial charge on any atom is 0.0865 e. The molecule has 4 nitrogen and oxygen atoms in total. The van der Waals surface area contributed by atoms with Crippen molar-refractivity contribution in [3.05, 3.63) is 0 Å². The second kappa shape index (κ2) is 9.83. The molecule has 0 rings (SSSR count). The molecule has 0 unspecified atom stereocenters. The first-order chi connectivity index (χ1) is 5.08. The fourth-order valence-corrected chi connectivity index (χ4v) is 0.250. The molecule has 0 atom stereocenters. The van der Waals surface area contributed by atoms with Crippen molar-refractivity contribution in [1.82, 2.24) is 0 Å². The normalized spacial score (nSPS) is 7.91. The summed E-state index contributed by atoms with van der Waals surface area (Å²) >= 11 is 5.73. The van der Waals surface area contributed by atoms with Crippen molar-refractivity contribution in [1.29, 1.82) is 5.41 Å². The van der Waals surface area contributed by atoms with Gasteiger partial charge in [0.05, 0.1) is 10.0 Å². The first-order valence-electron chi connectivity index (χ1n) is 2.88. The Balaban J connectivity index is 0. The summed E-state index contributed by atoms with van der Waals surface area (Å²) < 4.78 is 0. The molecule has 0 bridgehead atoms. The lowest BCUT2D eigenvalue weighted by Crippen LogP contribution is -2.19. The molecule has 0 aromatic heterocycles. The molecule has 66 valence electrons. The van der Waals surface area contributed by atoms with Gasteiger partial charge in [-0.2, -0.15) is 0 Å². The highest BCUT2D eigenvalue weighted by atomic mass is 32.2. The third-order valence-corrected chi connectivity index (χ3v) is 1.46. The molecular weight excluding hydrogens is 180 g/mol. The molecule has 0 saturated heterocycles. The number of hydrogen-bond acceptors (Lipinski definition) is 5. The minimum Gasteiger partial charge on any atom is -0.392 e. The van der Waals surface area contributed by atoms with Crippen LogP contribution in [0.25, 0.3) is 0 Å². The molecule has 0 saturated carbocycles. The molecular formula is C5H14N4S2. The monoisotopic (exact) mass is 194 g/mol. The minimum absolute atomic E-state index is 0.315. The van der Waals surface area contributed by atoms with Crippen LogP contribution in [0.4, 0.5) is 0 Å². The van der Waals surface area contributed by atoms with E-state index in [4.69, 9.17) is 22.6 Å². The molecule has 0 aliphatic heterocycles. The van der Waals surface area contributed by atoms with Gasteiger partial charge in [-0.1, -0.05) is 12.2 Å². The van der Waals surface area contributed by atoms with Gasteiger partial charge < -0.3 is 17.2 Å². The summed E-state index contributed by atoms with van der Waals surface area (Å²) in [5.41, 5.74) is 14.8. The van der Waals surface area contributed by atoms with Crippen LogP contribution >= 0.6 is 24.0 Å². The Hall–Kier alpha value is -0.170. The highest BCUT2D eigenvalue weighted by Crippen LogP contribution is 1.89. The van der Waals surface area contributed by atoms with E-state index in [2.05, 4.69) is 12.2 Å². The predicted molar refractivity (Wildman–Crippen MR) is 56.1 cm³/mol. The second-order valence-corrected chi connectivity index (χ2v) is 2.93. The Labute approximate surface area is 76.4 Å². The molecule has 0 amide bonds. The average Bonchev–Trinajstić information content (AvgIpc) is 2.04. The van der Waals surface area contributed by atoms with Crippen LogP contribution in [0.15, 0.2) is 0 Å². The topological polar surface area (TPSA) is 102 Å². The van der Waals surface area contributed by atoms with E-state index in [-0.39, 0.29) is 0 Å². The van der Waals surface area contributed by atoms with Gasteiger partial charge in [0.2, 0.25) is 0 Å². The number of rotatable bonds is 2. The molecule has 0 spiro atoms. The fourth-order valence-electron chi connectivity index (χ4n) is 0.0833. The van der Waals surface area contributed by atoms with Crippen molar-refractivity contribution in [3.63, 3.8) is 0 Å². The summed E-state index contributed by atoms with van der Waals surface area (Å²) in [6.45, 7) is 0.691. The van der Waals surface area contributed by atoms with Gasteiger partial charge in [0, 0.05) is 13.1 Å².